The number of benzene rings is 2. The molecule has 1 amide bonds. The van der Waals surface area contributed by atoms with E-state index < -0.39 is 0 Å². The predicted molar refractivity (Wildman–Crippen MR) is 129 cm³/mol. The van der Waals surface area contributed by atoms with Gasteiger partial charge in [0, 0.05) is 11.5 Å². The van der Waals surface area contributed by atoms with Crippen LogP contribution in [0.25, 0.3) is 11.4 Å². The molecule has 180 valence electrons. The zero-order valence-electron chi connectivity index (χ0n) is 20.2. The van der Waals surface area contributed by atoms with Crippen molar-refractivity contribution in [3.05, 3.63) is 59.5 Å². The second-order valence-electron chi connectivity index (χ2n) is 8.72. The smallest absolute Gasteiger partial charge is 0.241 e. The van der Waals surface area contributed by atoms with Crippen LogP contribution in [-0.2, 0) is 11.3 Å². The van der Waals surface area contributed by atoms with E-state index in [1.54, 1.807) is 14.2 Å². The minimum absolute atomic E-state index is 0.000113. The molecule has 8 nitrogen and oxygen atoms in total. The molecule has 2 aromatic carbocycles. The molecule has 1 aliphatic heterocycles. The maximum atomic E-state index is 12.8. The van der Waals surface area contributed by atoms with Crippen LogP contribution < -0.4 is 14.8 Å². The van der Waals surface area contributed by atoms with Crippen molar-refractivity contribution in [1.29, 1.82) is 0 Å². The zero-order chi connectivity index (χ0) is 24.1. The number of methoxy groups -OCH3 is 2. The first-order valence-corrected chi connectivity index (χ1v) is 11.6. The van der Waals surface area contributed by atoms with Gasteiger partial charge in [-0.25, -0.2) is 0 Å². The van der Waals surface area contributed by atoms with Crippen LogP contribution in [0.4, 0.5) is 0 Å². The predicted octanol–water partition coefficient (Wildman–Crippen LogP) is 4.15. The number of hydrogen-bond acceptors (Lipinski definition) is 7. The lowest BCUT2D eigenvalue weighted by atomic mass is 9.94. The molecule has 1 atom stereocenters. The summed E-state index contributed by atoms with van der Waals surface area (Å²) in [5, 5.41) is 7.31. The van der Waals surface area contributed by atoms with E-state index in [0.29, 0.717) is 29.8 Å². The summed E-state index contributed by atoms with van der Waals surface area (Å²) in [6.45, 7) is 6.30. The molecular formula is C26H32N4O4. The number of likely N-dealkylation sites (tertiary alicyclic amines) is 1. The molecule has 0 spiro atoms. The first-order chi connectivity index (χ1) is 16.5. The molecule has 0 bridgehead atoms. The third-order valence-electron chi connectivity index (χ3n) is 6.44. The zero-order valence-corrected chi connectivity index (χ0v) is 20.2. The Morgan fingerprint density at radius 2 is 1.88 bits per heavy atom. The van der Waals surface area contributed by atoms with Gasteiger partial charge in [-0.2, -0.15) is 4.98 Å². The normalized spacial score (nSPS) is 15.6. The number of carbonyl (C=O) groups excluding carboxylic acids is 1. The number of amides is 1. The van der Waals surface area contributed by atoms with Gasteiger partial charge in [0.2, 0.25) is 17.6 Å². The van der Waals surface area contributed by atoms with Gasteiger partial charge in [0.05, 0.1) is 26.8 Å². The fourth-order valence-electron chi connectivity index (χ4n) is 4.44. The van der Waals surface area contributed by atoms with Gasteiger partial charge < -0.3 is 19.3 Å². The van der Waals surface area contributed by atoms with E-state index in [1.165, 1.54) is 5.56 Å². The van der Waals surface area contributed by atoms with Crippen molar-refractivity contribution >= 4 is 5.91 Å². The summed E-state index contributed by atoms with van der Waals surface area (Å²) in [5.41, 5.74) is 3.15. The maximum Gasteiger partial charge on any atom is 0.241 e. The molecule has 8 heteroatoms. The molecule has 1 N–H and O–H groups in total. The van der Waals surface area contributed by atoms with Gasteiger partial charge in [-0.05, 0) is 69.1 Å². The largest absolute Gasteiger partial charge is 0.493 e. The Kier molecular flexibility index (Phi) is 7.47. The Morgan fingerprint density at radius 3 is 2.59 bits per heavy atom. The monoisotopic (exact) mass is 464 g/mol. The number of rotatable bonds is 8. The van der Waals surface area contributed by atoms with Gasteiger partial charge in [-0.3, -0.25) is 9.69 Å². The highest BCUT2D eigenvalue weighted by atomic mass is 16.5. The van der Waals surface area contributed by atoms with Crippen molar-refractivity contribution in [2.75, 3.05) is 27.3 Å². The van der Waals surface area contributed by atoms with Crippen molar-refractivity contribution in [2.45, 2.75) is 39.3 Å². The van der Waals surface area contributed by atoms with Crippen LogP contribution in [0.3, 0.4) is 0 Å². The molecule has 1 aromatic heterocycles. The summed E-state index contributed by atoms with van der Waals surface area (Å²) in [4.78, 5) is 19.6. The van der Waals surface area contributed by atoms with Gasteiger partial charge in [0.15, 0.2) is 11.5 Å². The number of carbonyl (C=O) groups is 1. The number of nitrogens with one attached hydrogen (secondary N) is 1. The first-order valence-electron chi connectivity index (χ1n) is 11.6. The summed E-state index contributed by atoms with van der Waals surface area (Å²) >= 11 is 0. The molecular weight excluding hydrogens is 432 g/mol. The van der Waals surface area contributed by atoms with Gasteiger partial charge in [0.25, 0.3) is 0 Å². The number of aryl methyl sites for hydroxylation is 1. The minimum Gasteiger partial charge on any atom is -0.493 e. The van der Waals surface area contributed by atoms with E-state index in [4.69, 9.17) is 14.0 Å². The van der Waals surface area contributed by atoms with Gasteiger partial charge in [-0.15, -0.1) is 0 Å². The minimum atomic E-state index is 0.000113. The highest BCUT2D eigenvalue weighted by Crippen LogP contribution is 2.31. The maximum absolute atomic E-state index is 12.8. The SMILES string of the molecule is COc1ccc(-c2noc(CN3CCC(C(=O)NC(C)c4ccccc4C)CC3)n2)cc1OC. The number of nitrogens with zero attached hydrogens (tertiary/aromatic N) is 3. The molecule has 34 heavy (non-hydrogen) atoms. The van der Waals surface area contributed by atoms with E-state index in [9.17, 15) is 4.79 Å². The summed E-state index contributed by atoms with van der Waals surface area (Å²) in [6.07, 6.45) is 1.62. The van der Waals surface area contributed by atoms with Gasteiger partial charge in [-0.1, -0.05) is 29.4 Å². The lowest BCUT2D eigenvalue weighted by Crippen LogP contribution is -2.41. The van der Waals surface area contributed by atoms with Crippen LogP contribution in [0.2, 0.25) is 0 Å². The third-order valence-corrected chi connectivity index (χ3v) is 6.44. The molecule has 3 aromatic rings. The van der Waals surface area contributed by atoms with Crippen LogP contribution in [-0.4, -0.2) is 48.3 Å². The summed E-state index contributed by atoms with van der Waals surface area (Å²) in [7, 11) is 3.19. The molecule has 1 aliphatic rings. The highest BCUT2D eigenvalue weighted by Gasteiger charge is 2.27. The van der Waals surface area contributed by atoms with Crippen LogP contribution in [0, 0.1) is 12.8 Å². The fourth-order valence-corrected chi connectivity index (χ4v) is 4.44. The Morgan fingerprint density at radius 1 is 1.15 bits per heavy atom. The van der Waals surface area contributed by atoms with Crippen molar-refractivity contribution < 1.29 is 18.8 Å². The molecule has 0 aliphatic carbocycles. The molecule has 1 unspecified atom stereocenters. The number of hydrogen-bond donors (Lipinski definition) is 1. The number of piperidine rings is 1. The fraction of sp³-hybridized carbons (Fsp3) is 0.423. The van der Waals surface area contributed by atoms with E-state index >= 15 is 0 Å². The Labute approximate surface area is 200 Å². The number of ether oxygens (including phenoxy) is 2. The summed E-state index contributed by atoms with van der Waals surface area (Å²) in [6, 6.07) is 13.7. The quantitative estimate of drug-likeness (QED) is 0.536. The van der Waals surface area contributed by atoms with E-state index in [-0.39, 0.29) is 17.9 Å². The average molecular weight is 465 g/mol. The molecule has 0 saturated carbocycles. The molecule has 0 radical (unpaired) electrons. The molecule has 4 rings (SSSR count). The molecule has 1 saturated heterocycles. The van der Waals surface area contributed by atoms with Crippen LogP contribution in [0.1, 0.15) is 42.8 Å². The van der Waals surface area contributed by atoms with Gasteiger partial charge >= 0.3 is 0 Å². The lowest BCUT2D eigenvalue weighted by Gasteiger charge is -2.31. The number of aromatic nitrogens is 2. The summed E-state index contributed by atoms with van der Waals surface area (Å²) < 4.78 is 16.1. The highest BCUT2D eigenvalue weighted by molar-refractivity contribution is 5.79. The van der Waals surface area contributed by atoms with E-state index in [0.717, 1.165) is 37.1 Å². The van der Waals surface area contributed by atoms with Crippen LogP contribution in [0.15, 0.2) is 47.0 Å². The Balaban J connectivity index is 1.30. The van der Waals surface area contributed by atoms with Crippen LogP contribution in [0.5, 0.6) is 11.5 Å². The molecule has 1 fully saturated rings. The van der Waals surface area contributed by atoms with Crippen molar-refractivity contribution in [3.63, 3.8) is 0 Å². The van der Waals surface area contributed by atoms with Crippen LogP contribution >= 0.6 is 0 Å². The molecule has 2 heterocycles. The summed E-state index contributed by atoms with van der Waals surface area (Å²) in [5.74, 6) is 2.48. The second-order valence-corrected chi connectivity index (χ2v) is 8.72. The first kappa shape index (κ1) is 23.8. The third kappa shape index (κ3) is 5.39. The Hall–Kier alpha value is -3.39. The van der Waals surface area contributed by atoms with E-state index in [2.05, 4.69) is 39.4 Å². The second kappa shape index (κ2) is 10.7. The van der Waals surface area contributed by atoms with Crippen molar-refractivity contribution in [3.8, 4) is 22.9 Å². The average Bonchev–Trinajstić information content (AvgIpc) is 3.32. The van der Waals surface area contributed by atoms with Crippen molar-refractivity contribution in [1.82, 2.24) is 20.4 Å². The van der Waals surface area contributed by atoms with Crippen molar-refractivity contribution in [2.24, 2.45) is 5.92 Å². The lowest BCUT2D eigenvalue weighted by molar-refractivity contribution is -0.127. The topological polar surface area (TPSA) is 89.7 Å². The Bertz CT molecular complexity index is 1120. The standard InChI is InChI=1S/C26H32N4O4/c1-17-7-5-6-8-21(17)18(2)27-26(31)19-11-13-30(14-12-19)16-24-28-25(29-34-24)20-9-10-22(32-3)23(15-20)33-4/h5-10,15,18-19H,11-14,16H2,1-4H3,(H,27,31). The van der Waals surface area contributed by atoms with Gasteiger partial charge in [0.1, 0.15) is 0 Å². The van der Waals surface area contributed by atoms with E-state index in [1.807, 2.05) is 37.3 Å².